The number of carbonyl (C=O) groups is 4. The van der Waals surface area contributed by atoms with E-state index in [0.717, 1.165) is 0 Å². The Bertz CT molecular complexity index is 767. The second kappa shape index (κ2) is 7.39. The first-order chi connectivity index (χ1) is 13.7. The summed E-state index contributed by atoms with van der Waals surface area (Å²) in [5, 5.41) is 24.4. The molecule has 0 bridgehead atoms. The number of alkyl carbamates (subject to hydrolysis) is 1. The van der Waals surface area contributed by atoms with E-state index < -0.39 is 64.0 Å². The molecular formula is C20H31FN2O7. The highest BCUT2D eigenvalue weighted by Gasteiger charge is 2.94. The fourth-order valence-electron chi connectivity index (χ4n) is 5.41. The monoisotopic (exact) mass is 430 g/mol. The van der Waals surface area contributed by atoms with Gasteiger partial charge in [0.25, 0.3) is 0 Å². The van der Waals surface area contributed by atoms with Gasteiger partial charge in [-0.2, -0.15) is 0 Å². The first-order valence-electron chi connectivity index (χ1n) is 10.1. The average Bonchev–Trinajstić information content (AvgIpc) is 3.00. The number of rotatable bonds is 7. The van der Waals surface area contributed by atoms with Crippen molar-refractivity contribution in [1.82, 2.24) is 10.6 Å². The number of ether oxygens (including phenoxy) is 1. The quantitative estimate of drug-likeness (QED) is 0.484. The van der Waals surface area contributed by atoms with Crippen LogP contribution < -0.4 is 10.6 Å². The minimum Gasteiger partial charge on any atom is -0.479 e. The van der Waals surface area contributed by atoms with Crippen molar-refractivity contribution in [3.63, 3.8) is 0 Å². The number of carbonyl (C=O) groups excluding carboxylic acids is 2. The minimum atomic E-state index is -2.74. The number of hydrogen-bond acceptors (Lipinski definition) is 5. The van der Waals surface area contributed by atoms with E-state index in [-0.39, 0.29) is 12.8 Å². The molecule has 0 aromatic carbocycles. The lowest BCUT2D eigenvalue weighted by atomic mass is 9.70. The third-order valence-electron chi connectivity index (χ3n) is 6.62. The van der Waals surface area contributed by atoms with E-state index in [0.29, 0.717) is 6.42 Å². The minimum absolute atomic E-state index is 0.0353. The molecule has 9 nitrogen and oxygen atoms in total. The van der Waals surface area contributed by atoms with Crippen molar-refractivity contribution in [3.8, 4) is 0 Å². The summed E-state index contributed by atoms with van der Waals surface area (Å²) in [5.41, 5.74) is -7.40. The Morgan fingerprint density at radius 1 is 1.17 bits per heavy atom. The van der Waals surface area contributed by atoms with Gasteiger partial charge in [-0.15, -0.1) is 0 Å². The van der Waals surface area contributed by atoms with Crippen molar-refractivity contribution in [3.05, 3.63) is 0 Å². The number of amides is 2. The number of carboxylic acid groups (broad SMARTS) is 2. The van der Waals surface area contributed by atoms with E-state index >= 15 is 4.39 Å². The number of alkyl halides is 1. The molecule has 0 aliphatic heterocycles. The van der Waals surface area contributed by atoms with E-state index in [1.807, 2.05) is 0 Å². The van der Waals surface area contributed by atoms with Crippen molar-refractivity contribution < 1.29 is 38.5 Å². The van der Waals surface area contributed by atoms with Gasteiger partial charge in [0.2, 0.25) is 11.6 Å². The Morgan fingerprint density at radius 3 is 2.13 bits per heavy atom. The maximum absolute atomic E-state index is 15.5. The molecule has 2 amide bonds. The molecule has 10 heteroatoms. The van der Waals surface area contributed by atoms with Crippen LogP contribution in [0.5, 0.6) is 0 Å². The van der Waals surface area contributed by atoms with E-state index in [4.69, 9.17) is 4.74 Å². The fraction of sp³-hybridized carbons (Fsp3) is 0.800. The SMILES string of the molecule is CCC1C[C@@H]2[C@@](CC)([C@@]2(F)C(=O)O)[C@]1(NC(=O)[C@@H](C)NC(=O)OC(C)(C)C)C(=O)O. The summed E-state index contributed by atoms with van der Waals surface area (Å²) >= 11 is 0. The number of nitrogens with one attached hydrogen (secondary N) is 2. The highest BCUT2D eigenvalue weighted by molar-refractivity contribution is 5.97. The van der Waals surface area contributed by atoms with Crippen molar-refractivity contribution in [1.29, 1.82) is 0 Å². The predicted octanol–water partition coefficient (Wildman–Crippen LogP) is 2.09. The molecular weight excluding hydrogens is 399 g/mol. The molecule has 6 atom stereocenters. The lowest BCUT2D eigenvalue weighted by Crippen LogP contribution is -2.67. The van der Waals surface area contributed by atoms with Gasteiger partial charge in [0.05, 0.1) is 5.41 Å². The molecule has 2 fully saturated rings. The molecule has 4 N–H and O–H groups in total. The van der Waals surface area contributed by atoms with Crippen LogP contribution in [0.3, 0.4) is 0 Å². The van der Waals surface area contributed by atoms with Gasteiger partial charge in [0.1, 0.15) is 11.6 Å². The molecule has 0 saturated heterocycles. The van der Waals surface area contributed by atoms with E-state index in [9.17, 15) is 29.4 Å². The Hall–Kier alpha value is -2.39. The lowest BCUT2D eigenvalue weighted by Gasteiger charge is -2.42. The molecule has 2 aliphatic carbocycles. The summed E-state index contributed by atoms with van der Waals surface area (Å²) in [5.74, 6) is -5.71. The third kappa shape index (κ3) is 3.11. The highest BCUT2D eigenvalue weighted by Crippen LogP contribution is 2.80. The van der Waals surface area contributed by atoms with E-state index in [1.165, 1.54) is 13.8 Å². The van der Waals surface area contributed by atoms with Crippen LogP contribution in [0.2, 0.25) is 0 Å². The molecule has 2 rings (SSSR count). The molecule has 170 valence electrons. The van der Waals surface area contributed by atoms with Crippen molar-refractivity contribution in [2.45, 2.75) is 83.7 Å². The molecule has 0 aromatic rings. The summed E-state index contributed by atoms with van der Waals surface area (Å²) in [6, 6.07) is -1.18. The number of carboxylic acids is 2. The number of aliphatic carboxylic acids is 2. The van der Waals surface area contributed by atoms with Gasteiger partial charge in [-0.25, -0.2) is 18.8 Å². The van der Waals surface area contributed by atoms with Crippen LogP contribution >= 0.6 is 0 Å². The number of hydrogen-bond donors (Lipinski definition) is 4. The standard InChI is InChI=1S/C20H31FN2O7/c1-7-11-9-12-18(8-2,19(12,21)14(25)26)20(11,15(27)28)23-13(24)10(3)22-16(29)30-17(4,5)6/h10-12H,7-9H2,1-6H3,(H,22,29)(H,23,24)(H,25,26)(H,27,28)/t10-,11?,12-,18+,19+,20-/m1/s1. The van der Waals surface area contributed by atoms with Crippen LogP contribution in [0, 0.1) is 17.3 Å². The maximum atomic E-state index is 15.5. The predicted molar refractivity (Wildman–Crippen MR) is 103 cm³/mol. The Balaban J connectivity index is 2.37. The van der Waals surface area contributed by atoms with Gasteiger partial charge in [-0.3, -0.25) is 4.79 Å². The molecule has 0 aromatic heterocycles. The van der Waals surface area contributed by atoms with Gasteiger partial charge >= 0.3 is 18.0 Å². The average molecular weight is 430 g/mol. The molecule has 0 radical (unpaired) electrons. The van der Waals surface area contributed by atoms with Crippen LogP contribution in [0.1, 0.15) is 60.8 Å². The summed E-state index contributed by atoms with van der Waals surface area (Å²) in [6.07, 6.45) is -0.591. The summed E-state index contributed by atoms with van der Waals surface area (Å²) in [7, 11) is 0. The Kier molecular flexibility index (Phi) is 5.88. The second-order valence-corrected chi connectivity index (χ2v) is 9.21. The summed E-state index contributed by atoms with van der Waals surface area (Å²) < 4.78 is 20.6. The van der Waals surface area contributed by atoms with Crippen molar-refractivity contribution in [2.24, 2.45) is 17.3 Å². The van der Waals surface area contributed by atoms with Gasteiger partial charge in [-0.1, -0.05) is 20.3 Å². The molecule has 0 spiro atoms. The second-order valence-electron chi connectivity index (χ2n) is 9.21. The van der Waals surface area contributed by atoms with Gasteiger partial charge in [0, 0.05) is 5.92 Å². The smallest absolute Gasteiger partial charge is 0.408 e. The topological polar surface area (TPSA) is 142 Å². The summed E-state index contributed by atoms with van der Waals surface area (Å²) in [4.78, 5) is 49.0. The third-order valence-corrected chi connectivity index (χ3v) is 6.62. The molecule has 0 heterocycles. The van der Waals surface area contributed by atoms with Gasteiger partial charge < -0.3 is 25.6 Å². The van der Waals surface area contributed by atoms with Crippen molar-refractivity contribution in [2.75, 3.05) is 0 Å². The lowest BCUT2D eigenvalue weighted by molar-refractivity contribution is -0.160. The first kappa shape index (κ1) is 23.9. The zero-order valence-electron chi connectivity index (χ0n) is 18.2. The largest absolute Gasteiger partial charge is 0.479 e. The van der Waals surface area contributed by atoms with Crippen LogP contribution in [0.25, 0.3) is 0 Å². The van der Waals surface area contributed by atoms with Crippen LogP contribution in [0.4, 0.5) is 9.18 Å². The molecule has 30 heavy (non-hydrogen) atoms. The number of fused-ring (bicyclic) bond motifs is 1. The van der Waals surface area contributed by atoms with Gasteiger partial charge in [-0.05, 0) is 46.5 Å². The van der Waals surface area contributed by atoms with Gasteiger partial charge in [0.15, 0.2) is 5.54 Å². The maximum Gasteiger partial charge on any atom is 0.408 e. The zero-order valence-corrected chi connectivity index (χ0v) is 18.2. The molecule has 1 unspecified atom stereocenters. The normalized spacial score (nSPS) is 35.7. The zero-order chi connectivity index (χ0) is 23.3. The van der Waals surface area contributed by atoms with Crippen LogP contribution in [-0.2, 0) is 19.1 Å². The Morgan fingerprint density at radius 2 is 1.73 bits per heavy atom. The van der Waals surface area contributed by atoms with Crippen LogP contribution in [-0.4, -0.2) is 57.0 Å². The van der Waals surface area contributed by atoms with E-state index in [1.54, 1.807) is 27.7 Å². The first-order valence-corrected chi connectivity index (χ1v) is 10.1. The molecule has 2 saturated carbocycles. The van der Waals surface area contributed by atoms with Crippen LogP contribution in [0.15, 0.2) is 0 Å². The van der Waals surface area contributed by atoms with Crippen molar-refractivity contribution >= 4 is 23.9 Å². The summed E-state index contributed by atoms with van der Waals surface area (Å²) in [6.45, 7) is 9.52. The van der Waals surface area contributed by atoms with E-state index in [2.05, 4.69) is 10.6 Å². The molecule has 2 aliphatic rings. The highest BCUT2D eigenvalue weighted by atomic mass is 19.1. The Labute approximate surface area is 174 Å². The number of halogens is 1. The fourth-order valence-corrected chi connectivity index (χ4v) is 5.41.